The van der Waals surface area contributed by atoms with Gasteiger partial charge in [0, 0.05) is 30.9 Å². The van der Waals surface area contributed by atoms with Gasteiger partial charge in [0.05, 0.1) is 37.2 Å². The third kappa shape index (κ3) is 4.25. The molecule has 0 aliphatic carbocycles. The average molecular weight is 354 g/mol. The molecule has 0 atom stereocenters. The van der Waals surface area contributed by atoms with Gasteiger partial charge in [-0.1, -0.05) is 26.7 Å². The van der Waals surface area contributed by atoms with Gasteiger partial charge < -0.3 is 18.6 Å². The third-order valence-electron chi connectivity index (χ3n) is 4.12. The molecule has 138 valence electrons. The maximum absolute atomic E-state index is 6.07. The number of hydrogen-bond acceptors (Lipinski definition) is 4. The van der Waals surface area contributed by atoms with Gasteiger partial charge in [-0.2, -0.15) is 0 Å². The van der Waals surface area contributed by atoms with Gasteiger partial charge in [-0.3, -0.25) is 0 Å². The summed E-state index contributed by atoms with van der Waals surface area (Å²) in [5.74, 6) is 1.60. The Balaban J connectivity index is 2.02. The van der Waals surface area contributed by atoms with Crippen LogP contribution in [0.2, 0.25) is 0 Å². The Morgan fingerprint density at radius 3 is 1.65 bits per heavy atom. The van der Waals surface area contributed by atoms with Crippen LogP contribution in [0.3, 0.4) is 0 Å². The Morgan fingerprint density at radius 1 is 0.769 bits per heavy atom. The maximum atomic E-state index is 6.07. The topological polar surface area (TPSA) is 54.1 Å². The van der Waals surface area contributed by atoms with Crippen LogP contribution in [0.5, 0.6) is 11.5 Å². The molecule has 2 heterocycles. The normalized spacial score (nSPS) is 10.8. The zero-order valence-electron chi connectivity index (χ0n) is 15.5. The summed E-state index contributed by atoms with van der Waals surface area (Å²) in [7, 11) is 0. The molecule has 0 amide bonds. The van der Waals surface area contributed by atoms with Crippen LogP contribution in [0, 0.1) is 0 Å². The fourth-order valence-corrected chi connectivity index (χ4v) is 2.63. The largest absolute Gasteiger partial charge is 0.491 e. The number of aromatic nitrogens is 4. The molecule has 26 heavy (non-hydrogen) atoms. The lowest BCUT2D eigenvalue weighted by Crippen LogP contribution is -2.06. The van der Waals surface area contributed by atoms with E-state index in [-0.39, 0.29) is 0 Å². The molecule has 0 spiro atoms. The van der Waals surface area contributed by atoms with Gasteiger partial charge in [-0.15, -0.1) is 0 Å². The van der Waals surface area contributed by atoms with Gasteiger partial charge >= 0.3 is 0 Å². The molecule has 0 aliphatic heterocycles. The maximum Gasteiger partial charge on any atom is 0.147 e. The molecular formula is C20H26N4O2. The summed E-state index contributed by atoms with van der Waals surface area (Å²) in [6, 6.07) is 4.04. The summed E-state index contributed by atoms with van der Waals surface area (Å²) in [4.78, 5) is 8.34. The number of hydrogen-bond donors (Lipinski definition) is 0. The molecule has 0 saturated carbocycles. The second kappa shape index (κ2) is 9.08. The second-order valence-corrected chi connectivity index (χ2v) is 6.13. The van der Waals surface area contributed by atoms with Crippen molar-refractivity contribution >= 4 is 0 Å². The van der Waals surface area contributed by atoms with E-state index in [1.54, 1.807) is 25.0 Å². The highest BCUT2D eigenvalue weighted by Gasteiger charge is 2.15. The molecule has 0 unspecified atom stereocenters. The molecule has 6 heteroatoms. The van der Waals surface area contributed by atoms with Gasteiger partial charge in [-0.25, -0.2) is 9.97 Å². The molecular weight excluding hydrogens is 328 g/mol. The summed E-state index contributed by atoms with van der Waals surface area (Å²) < 4.78 is 16.0. The minimum absolute atomic E-state index is 0.678. The van der Waals surface area contributed by atoms with Crippen molar-refractivity contribution in [2.24, 2.45) is 0 Å². The van der Waals surface area contributed by atoms with E-state index in [0.717, 1.165) is 48.6 Å². The number of unbranched alkanes of at least 4 members (excludes halogenated alkanes) is 2. The van der Waals surface area contributed by atoms with Crippen LogP contribution in [-0.4, -0.2) is 32.3 Å². The number of nitrogens with zero attached hydrogens (tertiary/aromatic N) is 4. The van der Waals surface area contributed by atoms with Crippen molar-refractivity contribution in [3.05, 3.63) is 49.6 Å². The van der Waals surface area contributed by atoms with Gasteiger partial charge in [-0.05, 0) is 18.9 Å². The molecule has 6 nitrogen and oxygen atoms in total. The van der Waals surface area contributed by atoms with Gasteiger partial charge in [0.15, 0.2) is 0 Å². The summed E-state index contributed by atoms with van der Waals surface area (Å²) in [6.07, 6.45) is 15.1. The minimum atomic E-state index is 0.678. The molecule has 0 radical (unpaired) electrons. The molecule has 0 fully saturated rings. The van der Waals surface area contributed by atoms with E-state index in [4.69, 9.17) is 9.47 Å². The molecule has 0 aliphatic rings. The highest BCUT2D eigenvalue weighted by atomic mass is 16.5. The van der Waals surface area contributed by atoms with E-state index < -0.39 is 0 Å². The van der Waals surface area contributed by atoms with Crippen molar-refractivity contribution in [1.82, 2.24) is 19.1 Å². The Hall–Kier alpha value is -2.76. The second-order valence-electron chi connectivity index (χ2n) is 6.13. The van der Waals surface area contributed by atoms with Crippen LogP contribution in [0.15, 0.2) is 49.6 Å². The van der Waals surface area contributed by atoms with Crippen LogP contribution in [0.25, 0.3) is 11.4 Å². The number of benzene rings is 1. The molecule has 0 N–H and O–H groups in total. The predicted molar refractivity (Wildman–Crippen MR) is 101 cm³/mol. The Bertz CT molecular complexity index is 719. The summed E-state index contributed by atoms with van der Waals surface area (Å²) in [5.41, 5.74) is 1.87. The average Bonchev–Trinajstić information content (AvgIpc) is 3.36. The predicted octanol–water partition coefficient (Wildman–Crippen LogP) is 4.42. The van der Waals surface area contributed by atoms with Crippen LogP contribution in [-0.2, 0) is 0 Å². The van der Waals surface area contributed by atoms with E-state index in [2.05, 4.69) is 29.9 Å². The van der Waals surface area contributed by atoms with E-state index in [0.29, 0.717) is 13.2 Å². The zero-order chi connectivity index (χ0) is 18.2. The Morgan fingerprint density at radius 2 is 1.27 bits per heavy atom. The molecule has 3 aromatic rings. The number of ether oxygens (including phenoxy) is 2. The molecule has 3 rings (SSSR count). The lowest BCUT2D eigenvalue weighted by Gasteiger charge is -2.18. The minimum Gasteiger partial charge on any atom is -0.491 e. The molecule has 1 aromatic carbocycles. The first-order valence-electron chi connectivity index (χ1n) is 9.23. The van der Waals surface area contributed by atoms with Crippen LogP contribution < -0.4 is 9.47 Å². The first kappa shape index (κ1) is 18.0. The van der Waals surface area contributed by atoms with Gasteiger partial charge in [0.2, 0.25) is 0 Å². The van der Waals surface area contributed by atoms with Crippen molar-refractivity contribution in [2.75, 3.05) is 13.2 Å². The van der Waals surface area contributed by atoms with Crippen LogP contribution >= 0.6 is 0 Å². The van der Waals surface area contributed by atoms with Gasteiger partial charge in [0.1, 0.15) is 11.5 Å². The Kier molecular flexibility index (Phi) is 6.30. The highest BCUT2D eigenvalue weighted by Crippen LogP contribution is 2.34. The van der Waals surface area contributed by atoms with E-state index in [9.17, 15) is 0 Å². The fourth-order valence-electron chi connectivity index (χ4n) is 2.63. The fraction of sp³-hybridized carbons (Fsp3) is 0.400. The standard InChI is InChI=1S/C20H26N4O2/c1-3-5-11-25-19-14-20(26-12-6-4-2)18(24-10-8-22-16-24)13-17(19)23-9-7-21-15-23/h7-10,13-16H,3-6,11-12H2,1-2H3. The van der Waals surface area contributed by atoms with Crippen LogP contribution in [0.4, 0.5) is 0 Å². The van der Waals surface area contributed by atoms with Gasteiger partial charge in [0.25, 0.3) is 0 Å². The summed E-state index contributed by atoms with van der Waals surface area (Å²) in [6.45, 7) is 5.66. The smallest absolute Gasteiger partial charge is 0.147 e. The lowest BCUT2D eigenvalue weighted by atomic mass is 10.2. The van der Waals surface area contributed by atoms with E-state index in [1.807, 2.05) is 27.6 Å². The van der Waals surface area contributed by atoms with E-state index in [1.165, 1.54) is 0 Å². The van der Waals surface area contributed by atoms with Crippen molar-refractivity contribution < 1.29 is 9.47 Å². The first-order chi connectivity index (χ1) is 12.8. The monoisotopic (exact) mass is 354 g/mol. The third-order valence-corrected chi connectivity index (χ3v) is 4.12. The lowest BCUT2D eigenvalue weighted by molar-refractivity contribution is 0.293. The quantitative estimate of drug-likeness (QED) is 0.506. The first-order valence-corrected chi connectivity index (χ1v) is 9.23. The summed E-state index contributed by atoms with van der Waals surface area (Å²) >= 11 is 0. The van der Waals surface area contributed by atoms with Crippen molar-refractivity contribution in [3.8, 4) is 22.9 Å². The molecule has 0 saturated heterocycles. The van der Waals surface area contributed by atoms with Crippen molar-refractivity contribution in [1.29, 1.82) is 0 Å². The number of imidazole rings is 2. The van der Waals surface area contributed by atoms with Crippen LogP contribution in [0.1, 0.15) is 39.5 Å². The molecule has 2 aromatic heterocycles. The summed E-state index contributed by atoms with van der Waals surface area (Å²) in [5, 5.41) is 0. The van der Waals surface area contributed by atoms with Crippen molar-refractivity contribution in [3.63, 3.8) is 0 Å². The molecule has 0 bridgehead atoms. The van der Waals surface area contributed by atoms with E-state index >= 15 is 0 Å². The SMILES string of the molecule is CCCCOc1cc(OCCCC)c(-n2ccnc2)cc1-n1ccnc1. The van der Waals surface area contributed by atoms with Crippen molar-refractivity contribution in [2.45, 2.75) is 39.5 Å². The number of rotatable bonds is 10. The Labute approximate surface area is 154 Å². The zero-order valence-corrected chi connectivity index (χ0v) is 15.5. The highest BCUT2D eigenvalue weighted by molar-refractivity contribution is 5.61.